The van der Waals surface area contributed by atoms with Crippen LogP contribution in [0.2, 0.25) is 0 Å². The van der Waals surface area contributed by atoms with Gasteiger partial charge < -0.3 is 65.3 Å². The summed E-state index contributed by atoms with van der Waals surface area (Å²) in [5.41, 5.74) is 6.84. The molecule has 0 aromatic rings. The van der Waals surface area contributed by atoms with Crippen LogP contribution < -0.4 is 16.4 Å². The molecule has 2 aliphatic rings. The molecule has 17 nitrogen and oxygen atoms in total. The monoisotopic (exact) mass is 1060 g/mol. The Morgan fingerprint density at radius 1 is 1.11 bits per heavy atom. The number of amides is 1. The van der Waals surface area contributed by atoms with Crippen molar-refractivity contribution in [1.29, 1.82) is 0 Å². The zero-order valence-electron chi connectivity index (χ0n) is 38.3. The highest BCUT2D eigenvalue weighted by atomic mass is 127. The van der Waals surface area contributed by atoms with Crippen LogP contribution in [0.3, 0.4) is 0 Å². The second-order valence-electron chi connectivity index (χ2n) is 16.8. The van der Waals surface area contributed by atoms with E-state index in [0.717, 1.165) is 22.9 Å². The van der Waals surface area contributed by atoms with Gasteiger partial charge in [-0.25, -0.2) is 0 Å². The predicted octanol–water partition coefficient (Wildman–Crippen LogP) is 5.01. The summed E-state index contributed by atoms with van der Waals surface area (Å²) in [6.07, 6.45) is -2.34. The first kappa shape index (κ1) is 57.6. The van der Waals surface area contributed by atoms with Gasteiger partial charge in [-0.1, -0.05) is 79.3 Å². The zero-order chi connectivity index (χ0) is 47.8. The van der Waals surface area contributed by atoms with Crippen molar-refractivity contribution in [2.75, 3.05) is 26.5 Å². The lowest BCUT2D eigenvalue weighted by Gasteiger charge is -2.43. The van der Waals surface area contributed by atoms with Crippen molar-refractivity contribution in [1.82, 2.24) is 10.6 Å². The molecule has 63 heavy (non-hydrogen) atoms. The second-order valence-corrected chi connectivity index (χ2v) is 22.4. The van der Waals surface area contributed by atoms with Crippen molar-refractivity contribution in [3.63, 3.8) is 0 Å². The lowest BCUT2D eigenvalue weighted by atomic mass is 9.90. The highest BCUT2D eigenvalue weighted by molar-refractivity contribution is 14.1. The van der Waals surface area contributed by atoms with E-state index in [2.05, 4.69) is 58.8 Å². The van der Waals surface area contributed by atoms with Crippen LogP contribution in [-0.4, -0.2) is 145 Å². The molecule has 2 rings (SSSR count). The first-order valence-electron chi connectivity index (χ1n) is 20.9. The number of aliphatic carboxylic acids is 1. The summed E-state index contributed by atoms with van der Waals surface area (Å²) in [4.78, 5) is 41.8. The number of likely N-dealkylation sites (N-methyl/N-ethyl adjacent to an activating group) is 1. The fourth-order valence-corrected chi connectivity index (χ4v) is 10.9. The molecular formula is C42H71IN4O13S3. The van der Waals surface area contributed by atoms with Crippen LogP contribution in [0.15, 0.2) is 40.2 Å². The number of methoxy groups -OCH3 is 1. The summed E-state index contributed by atoms with van der Waals surface area (Å²) in [5, 5.41) is 51.8. The number of thioether (sulfide) groups is 1. The SMILES string of the molecule is C=C(NC)C(C(=O)S[C@H]1[C@@H](O)C[C@H](O/N=C\C2[C@@H](C)O[C@@H](OC(I)C/C(=C\CSSC(C)(C)CCNC(=O)CC[C@H](N)C(=O)O)C(C)(C)O)[C@H](O[C@@H](C)OC)[C@H]2O)O[C@@H]1C)=C(C)C. The number of oxime groups is 1. The first-order valence-corrected chi connectivity index (χ1v) is 25.3. The molecule has 2 unspecified atom stereocenters. The third-order valence-electron chi connectivity index (χ3n) is 10.4. The van der Waals surface area contributed by atoms with Crippen LogP contribution in [0, 0.1) is 5.92 Å². The number of hydrogen-bond donors (Lipinski definition) is 7. The summed E-state index contributed by atoms with van der Waals surface area (Å²) in [7, 11) is 6.44. The second kappa shape index (κ2) is 27.4. The average molecular weight is 1060 g/mol. The minimum atomic E-state index is -1.17. The average Bonchev–Trinajstić information content (AvgIpc) is 3.18. The van der Waals surface area contributed by atoms with E-state index in [-0.39, 0.29) is 35.0 Å². The number of carboxylic acids is 1. The molecule has 0 aromatic heterocycles. The maximum atomic E-state index is 13.2. The molecule has 2 fully saturated rings. The molecule has 8 N–H and O–H groups in total. The largest absolute Gasteiger partial charge is 0.480 e. The maximum absolute atomic E-state index is 13.2. The number of aliphatic hydroxyl groups excluding tert-OH is 2. The number of alkyl halides is 1. The van der Waals surface area contributed by atoms with Crippen LogP contribution in [-0.2, 0) is 42.9 Å². The number of nitrogens with two attached hydrogens (primary N) is 1. The molecule has 0 bridgehead atoms. The molecule has 0 spiro atoms. The van der Waals surface area contributed by atoms with Crippen LogP contribution in [0.5, 0.6) is 0 Å². The van der Waals surface area contributed by atoms with E-state index in [1.807, 2.05) is 19.9 Å². The Morgan fingerprint density at radius 2 is 1.78 bits per heavy atom. The first-order chi connectivity index (χ1) is 29.3. The van der Waals surface area contributed by atoms with E-state index in [1.165, 1.54) is 13.3 Å². The summed E-state index contributed by atoms with van der Waals surface area (Å²) in [6, 6.07) is -1.07. The van der Waals surface area contributed by atoms with Crippen molar-refractivity contribution >= 4 is 79.1 Å². The number of carboxylic acid groups (broad SMARTS) is 1. The number of nitrogens with one attached hydrogen (secondary N) is 2. The van der Waals surface area contributed by atoms with Gasteiger partial charge in [0.25, 0.3) is 0 Å². The highest BCUT2D eigenvalue weighted by Gasteiger charge is 2.46. The maximum Gasteiger partial charge on any atom is 0.320 e. The van der Waals surface area contributed by atoms with Gasteiger partial charge in [-0.15, -0.1) is 0 Å². The molecule has 0 radical (unpaired) electrons. The van der Waals surface area contributed by atoms with Gasteiger partial charge in [0.15, 0.2) is 12.6 Å². The number of carbonyl (C=O) groups excluding carboxylic acids is 2. The van der Waals surface area contributed by atoms with Crippen LogP contribution in [0.1, 0.15) is 94.4 Å². The number of rotatable bonds is 26. The number of ether oxygens (including phenoxy) is 5. The standard InChI is InChI=1S/C42H71IN4O13S3/c1-22(2)34(23(3)45-11)39(53)62-37-25(5)56-33(20-30(37)48)60-47-21-28-24(4)57-40(36(35(28)50)58-26(6)55-12)59-31(43)19-27(42(9,10)54)15-18-61-63-41(7,8)16-17-46-32(49)14-13-29(44)38(51)52/h15,21,24-26,28-31,33,35-37,40,45,48,50,54H,3,13-14,16-20,44H2,1-2,4-12H3,(H,46,49)(H,51,52)/b27-15+,47-21-/t24-,25-,26+,28?,29+,30+,31?,33+,35+,36-,37-,40+/m1/s1. The van der Waals surface area contributed by atoms with Gasteiger partial charge in [0.2, 0.25) is 17.3 Å². The van der Waals surface area contributed by atoms with E-state index < -0.39 is 82.3 Å². The Balaban J connectivity index is 2.02. The Hall–Kier alpha value is -1.48. The number of aliphatic hydroxyl groups is 3. The number of carbonyl (C=O) groups is 3. The van der Waals surface area contributed by atoms with Crippen molar-refractivity contribution < 1.29 is 63.3 Å². The molecule has 12 atom stereocenters. The van der Waals surface area contributed by atoms with Crippen molar-refractivity contribution in [2.45, 2.75) is 170 Å². The Labute approximate surface area is 398 Å². The molecule has 1 amide bonds. The van der Waals surface area contributed by atoms with Gasteiger partial charge >= 0.3 is 5.97 Å². The van der Waals surface area contributed by atoms with E-state index in [0.29, 0.717) is 36.4 Å². The number of allylic oxidation sites excluding steroid dienone is 2. The summed E-state index contributed by atoms with van der Waals surface area (Å²) < 4.78 is 29.4. The lowest BCUT2D eigenvalue weighted by molar-refractivity contribution is -0.311. The fraction of sp³-hybridized carbons (Fsp3) is 0.762. The van der Waals surface area contributed by atoms with Crippen LogP contribution in [0.25, 0.3) is 0 Å². The van der Waals surface area contributed by atoms with Gasteiger partial charge in [-0.3, -0.25) is 14.4 Å². The lowest BCUT2D eigenvalue weighted by Crippen LogP contribution is -2.57. The number of nitrogens with zero attached hydrogens (tertiary/aromatic N) is 1. The van der Waals surface area contributed by atoms with Gasteiger partial charge in [0.1, 0.15) is 16.3 Å². The van der Waals surface area contributed by atoms with Crippen LogP contribution >= 0.6 is 55.9 Å². The van der Waals surface area contributed by atoms with Crippen molar-refractivity contribution in [3.05, 3.63) is 35.1 Å². The van der Waals surface area contributed by atoms with E-state index in [9.17, 15) is 29.7 Å². The minimum absolute atomic E-state index is 0.0451. The quantitative estimate of drug-likeness (QED) is 0.00575. The van der Waals surface area contributed by atoms with E-state index in [4.69, 9.17) is 39.4 Å². The van der Waals surface area contributed by atoms with Gasteiger partial charge in [0.05, 0.1) is 47.4 Å². The van der Waals surface area contributed by atoms with Gasteiger partial charge in [-0.05, 0) is 80.7 Å². The Bertz CT molecular complexity index is 1580. The highest BCUT2D eigenvalue weighted by Crippen LogP contribution is 2.39. The minimum Gasteiger partial charge on any atom is -0.480 e. The van der Waals surface area contributed by atoms with Gasteiger partial charge in [-0.2, -0.15) is 0 Å². The van der Waals surface area contributed by atoms with Crippen molar-refractivity contribution in [3.8, 4) is 0 Å². The number of halogens is 1. The molecule has 0 saturated carbocycles. The smallest absolute Gasteiger partial charge is 0.320 e. The topological polar surface area (TPSA) is 250 Å². The molecule has 0 aliphatic carbocycles. The molecule has 2 saturated heterocycles. The van der Waals surface area contributed by atoms with Crippen LogP contribution in [0.4, 0.5) is 0 Å². The Kier molecular flexibility index (Phi) is 25.0. The molecule has 362 valence electrons. The predicted molar refractivity (Wildman–Crippen MR) is 257 cm³/mol. The third-order valence-corrected chi connectivity index (χ3v) is 15.7. The van der Waals surface area contributed by atoms with Gasteiger partial charge in [0, 0.05) is 61.7 Å². The van der Waals surface area contributed by atoms with Crippen molar-refractivity contribution in [2.24, 2.45) is 16.8 Å². The Morgan fingerprint density at radius 3 is 2.35 bits per heavy atom. The fourth-order valence-electron chi connectivity index (χ4n) is 6.47. The van der Waals surface area contributed by atoms with E-state index >= 15 is 0 Å². The normalized spacial score (nSPS) is 27.3. The summed E-state index contributed by atoms with van der Waals surface area (Å²) in [6.45, 7) is 20.8. The van der Waals surface area contributed by atoms with E-state index in [1.54, 1.807) is 63.3 Å². The molecule has 0 aromatic carbocycles. The zero-order valence-corrected chi connectivity index (χ0v) is 42.9. The molecule has 21 heteroatoms. The molecule has 2 heterocycles. The molecular weight excluding hydrogens is 992 g/mol. The number of hydrogen-bond acceptors (Lipinski definition) is 18. The summed E-state index contributed by atoms with van der Waals surface area (Å²) >= 11 is 3.13. The summed E-state index contributed by atoms with van der Waals surface area (Å²) in [5.74, 6) is -1.49. The third kappa shape index (κ3) is 19.7. The molecule has 2 aliphatic heterocycles.